The molecule has 0 fully saturated rings. The van der Waals surface area contributed by atoms with E-state index in [1.54, 1.807) is 6.07 Å². The third-order valence-electron chi connectivity index (χ3n) is 1.90. The molecule has 1 atom stereocenters. The van der Waals surface area contributed by atoms with Gasteiger partial charge in [0, 0.05) is 16.1 Å². The topological polar surface area (TPSA) is 12.0 Å². The number of hydrogen-bond acceptors (Lipinski definition) is 1. The number of rotatable bonds is 3. The highest BCUT2D eigenvalue weighted by atomic mass is 35.5. The zero-order chi connectivity index (χ0) is 10.6. The van der Waals surface area contributed by atoms with Gasteiger partial charge < -0.3 is 0 Å². The van der Waals surface area contributed by atoms with Gasteiger partial charge in [0.25, 0.3) is 0 Å². The Balaban J connectivity index is 2.79. The van der Waals surface area contributed by atoms with Crippen LogP contribution in [0, 0.1) is 12.3 Å². The molecule has 0 aromatic heterocycles. The lowest BCUT2D eigenvalue weighted by atomic mass is 10.1. The fourth-order valence-electron chi connectivity index (χ4n) is 1.16. The molecular formula is C11H11Cl2N. The molecule has 0 bridgehead atoms. The predicted octanol–water partition coefficient (Wildman–Crippen LogP) is 3.28. The number of halogens is 2. The summed E-state index contributed by atoms with van der Waals surface area (Å²) in [6, 6.07) is 5.62. The first-order valence-electron chi connectivity index (χ1n) is 4.26. The minimum atomic E-state index is 0.155. The third kappa shape index (κ3) is 3.23. The van der Waals surface area contributed by atoms with Crippen LogP contribution in [0.4, 0.5) is 0 Å². The van der Waals surface area contributed by atoms with Crippen molar-refractivity contribution in [3.63, 3.8) is 0 Å². The van der Waals surface area contributed by atoms with E-state index in [1.165, 1.54) is 0 Å². The Kier molecular flexibility index (Phi) is 4.28. The third-order valence-corrected chi connectivity index (χ3v) is 2.33. The minimum absolute atomic E-state index is 0.155. The molecule has 0 spiro atoms. The van der Waals surface area contributed by atoms with E-state index in [0.29, 0.717) is 16.6 Å². The highest BCUT2D eigenvalue weighted by Gasteiger charge is 2.05. The van der Waals surface area contributed by atoms with Gasteiger partial charge in [-0.25, -0.2) is 0 Å². The summed E-state index contributed by atoms with van der Waals surface area (Å²) in [5, 5.41) is 4.43. The Bertz CT molecular complexity index is 335. The molecule has 74 valence electrons. The minimum Gasteiger partial charge on any atom is -0.300 e. The highest BCUT2D eigenvalue weighted by Crippen LogP contribution is 2.23. The van der Waals surface area contributed by atoms with Crippen LogP contribution in [0.5, 0.6) is 0 Å². The van der Waals surface area contributed by atoms with Gasteiger partial charge in [0.1, 0.15) is 0 Å². The largest absolute Gasteiger partial charge is 0.300 e. The average Bonchev–Trinajstić information content (AvgIpc) is 2.12. The van der Waals surface area contributed by atoms with Crippen LogP contribution in [-0.2, 0) is 0 Å². The van der Waals surface area contributed by atoms with E-state index >= 15 is 0 Å². The SMILES string of the molecule is C#CCNC(C)c1cc(Cl)cc(Cl)c1. The number of terminal acetylenes is 1. The first kappa shape index (κ1) is 11.4. The molecule has 3 heteroatoms. The fraction of sp³-hybridized carbons (Fsp3) is 0.273. The Hall–Kier alpha value is -0.680. The van der Waals surface area contributed by atoms with Crippen molar-refractivity contribution in [3.05, 3.63) is 33.8 Å². The summed E-state index contributed by atoms with van der Waals surface area (Å²) < 4.78 is 0. The van der Waals surface area contributed by atoms with Gasteiger partial charge >= 0.3 is 0 Å². The molecule has 0 saturated carbocycles. The molecule has 0 heterocycles. The van der Waals surface area contributed by atoms with Crippen LogP contribution in [0.2, 0.25) is 10.0 Å². The molecule has 1 nitrogen and oxygen atoms in total. The van der Waals surface area contributed by atoms with Gasteiger partial charge in [-0.3, -0.25) is 5.32 Å². The van der Waals surface area contributed by atoms with Crippen molar-refractivity contribution >= 4 is 23.2 Å². The maximum absolute atomic E-state index is 5.88. The van der Waals surface area contributed by atoms with E-state index in [-0.39, 0.29) is 6.04 Å². The quantitative estimate of drug-likeness (QED) is 0.783. The van der Waals surface area contributed by atoms with Crippen LogP contribution in [0.25, 0.3) is 0 Å². The maximum Gasteiger partial charge on any atom is 0.0578 e. The summed E-state index contributed by atoms with van der Waals surface area (Å²) in [5.74, 6) is 2.52. The number of nitrogens with one attached hydrogen (secondary N) is 1. The van der Waals surface area contributed by atoms with Gasteiger partial charge in [0.15, 0.2) is 0 Å². The second-order valence-corrected chi connectivity index (χ2v) is 3.88. The molecule has 1 aromatic rings. The average molecular weight is 228 g/mol. The lowest BCUT2D eigenvalue weighted by Crippen LogP contribution is -2.18. The van der Waals surface area contributed by atoms with Gasteiger partial charge in [-0.2, -0.15) is 0 Å². The summed E-state index contributed by atoms with van der Waals surface area (Å²) >= 11 is 11.8. The second kappa shape index (κ2) is 5.26. The van der Waals surface area contributed by atoms with Crippen LogP contribution in [0.1, 0.15) is 18.5 Å². The van der Waals surface area contributed by atoms with Gasteiger partial charge in [-0.1, -0.05) is 29.1 Å². The first-order chi connectivity index (χ1) is 6.63. The smallest absolute Gasteiger partial charge is 0.0578 e. The first-order valence-corrected chi connectivity index (χ1v) is 5.02. The molecule has 1 rings (SSSR count). The lowest BCUT2D eigenvalue weighted by molar-refractivity contribution is 0.623. The van der Waals surface area contributed by atoms with E-state index in [9.17, 15) is 0 Å². The van der Waals surface area contributed by atoms with Crippen LogP contribution in [-0.4, -0.2) is 6.54 Å². The van der Waals surface area contributed by atoms with Crippen molar-refractivity contribution < 1.29 is 0 Å². The lowest BCUT2D eigenvalue weighted by Gasteiger charge is -2.12. The molecule has 0 saturated heterocycles. The zero-order valence-corrected chi connectivity index (χ0v) is 9.36. The highest BCUT2D eigenvalue weighted by molar-refractivity contribution is 6.34. The maximum atomic E-state index is 5.88. The Labute approximate surface area is 94.4 Å². The number of hydrogen-bond donors (Lipinski definition) is 1. The number of benzene rings is 1. The van der Waals surface area contributed by atoms with Crippen molar-refractivity contribution in [2.75, 3.05) is 6.54 Å². The monoisotopic (exact) mass is 227 g/mol. The standard InChI is InChI=1S/C11H11Cl2N/c1-3-4-14-8(2)9-5-10(12)7-11(13)6-9/h1,5-8,14H,4H2,2H3. The molecule has 1 unspecified atom stereocenters. The van der Waals surface area contributed by atoms with Gasteiger partial charge in [0.2, 0.25) is 0 Å². The summed E-state index contributed by atoms with van der Waals surface area (Å²) in [7, 11) is 0. The zero-order valence-electron chi connectivity index (χ0n) is 7.85. The Morgan fingerprint density at radius 1 is 1.36 bits per heavy atom. The van der Waals surface area contributed by atoms with Crippen molar-refractivity contribution in [3.8, 4) is 12.3 Å². The Morgan fingerprint density at radius 2 is 1.93 bits per heavy atom. The van der Waals surface area contributed by atoms with Crippen LogP contribution in [0.15, 0.2) is 18.2 Å². The molecule has 0 aliphatic heterocycles. The Morgan fingerprint density at radius 3 is 2.43 bits per heavy atom. The van der Waals surface area contributed by atoms with Crippen LogP contribution in [0.3, 0.4) is 0 Å². The van der Waals surface area contributed by atoms with E-state index in [1.807, 2.05) is 19.1 Å². The van der Waals surface area contributed by atoms with Crippen molar-refractivity contribution in [1.82, 2.24) is 5.32 Å². The summed E-state index contributed by atoms with van der Waals surface area (Å²) in [6.45, 7) is 2.55. The molecule has 1 N–H and O–H groups in total. The summed E-state index contributed by atoms with van der Waals surface area (Å²) in [5.41, 5.74) is 1.04. The second-order valence-electron chi connectivity index (χ2n) is 3.01. The fourth-order valence-corrected chi connectivity index (χ4v) is 1.70. The van der Waals surface area contributed by atoms with Gasteiger partial charge in [-0.15, -0.1) is 6.42 Å². The molecule has 0 aliphatic rings. The van der Waals surface area contributed by atoms with Gasteiger partial charge in [-0.05, 0) is 30.7 Å². The van der Waals surface area contributed by atoms with Crippen LogP contribution >= 0.6 is 23.2 Å². The molecule has 14 heavy (non-hydrogen) atoms. The molecule has 0 radical (unpaired) electrons. The van der Waals surface area contributed by atoms with Gasteiger partial charge in [0.05, 0.1) is 6.54 Å². The van der Waals surface area contributed by atoms with E-state index in [4.69, 9.17) is 29.6 Å². The van der Waals surface area contributed by atoms with Crippen molar-refractivity contribution in [2.24, 2.45) is 0 Å². The molecular weight excluding hydrogens is 217 g/mol. The van der Waals surface area contributed by atoms with E-state index in [2.05, 4.69) is 11.2 Å². The van der Waals surface area contributed by atoms with Crippen LogP contribution < -0.4 is 5.32 Å². The van der Waals surface area contributed by atoms with E-state index < -0.39 is 0 Å². The van der Waals surface area contributed by atoms with E-state index in [0.717, 1.165) is 5.56 Å². The van der Waals surface area contributed by atoms with Crippen molar-refractivity contribution in [1.29, 1.82) is 0 Å². The molecule has 1 aromatic carbocycles. The normalized spacial score (nSPS) is 12.1. The summed E-state index contributed by atoms with van der Waals surface area (Å²) in [4.78, 5) is 0. The van der Waals surface area contributed by atoms with Crippen molar-refractivity contribution in [2.45, 2.75) is 13.0 Å². The molecule has 0 aliphatic carbocycles. The summed E-state index contributed by atoms with van der Waals surface area (Å²) in [6.07, 6.45) is 5.15. The molecule has 0 amide bonds. The predicted molar refractivity (Wildman–Crippen MR) is 61.7 cm³/mol.